The number of nitrogens with zero attached hydrogens (tertiary/aromatic N) is 2. The molecule has 1 heterocycles. The summed E-state index contributed by atoms with van der Waals surface area (Å²) in [5, 5.41) is 10.5. The number of nitrogens with one attached hydrogen (secondary N) is 1. The molecule has 0 saturated heterocycles. The largest absolute Gasteiger partial charge is 0.484 e. The Bertz CT molecular complexity index is 719. The van der Waals surface area contributed by atoms with E-state index in [2.05, 4.69) is 21.6 Å². The maximum absolute atomic E-state index is 12.1. The summed E-state index contributed by atoms with van der Waals surface area (Å²) < 4.78 is 10.8. The first-order chi connectivity index (χ1) is 11.7. The summed E-state index contributed by atoms with van der Waals surface area (Å²) in [6.07, 6.45) is 7.22. The van der Waals surface area contributed by atoms with Gasteiger partial charge in [0.15, 0.2) is 6.61 Å². The third-order valence-corrected chi connectivity index (χ3v) is 3.84. The quantitative estimate of drug-likeness (QED) is 0.817. The molecule has 6 nitrogen and oxygen atoms in total. The minimum Gasteiger partial charge on any atom is -0.484 e. The van der Waals surface area contributed by atoms with Crippen LogP contribution in [-0.4, -0.2) is 16.1 Å². The number of ether oxygens (including phenoxy) is 1. The number of amides is 1. The lowest BCUT2D eigenvalue weighted by Gasteiger charge is -2.12. The Balaban J connectivity index is 1.48. The SMILES string of the molecule is Cc1nnc(COc2ccc(NC(=O)CC3=CCCCC3)cc2)o1. The topological polar surface area (TPSA) is 77.3 Å². The van der Waals surface area contributed by atoms with Crippen molar-refractivity contribution in [3.05, 3.63) is 47.7 Å². The number of aryl methyl sites for hydroxylation is 1. The second-order valence-corrected chi connectivity index (χ2v) is 5.86. The maximum Gasteiger partial charge on any atom is 0.253 e. The monoisotopic (exact) mass is 327 g/mol. The molecule has 1 aliphatic carbocycles. The van der Waals surface area contributed by atoms with Crippen LogP contribution >= 0.6 is 0 Å². The van der Waals surface area contributed by atoms with Crippen molar-refractivity contribution in [3.8, 4) is 5.75 Å². The average molecular weight is 327 g/mol. The minimum absolute atomic E-state index is 0.0261. The van der Waals surface area contributed by atoms with E-state index in [-0.39, 0.29) is 12.5 Å². The van der Waals surface area contributed by atoms with Crippen molar-refractivity contribution >= 4 is 11.6 Å². The van der Waals surface area contributed by atoms with Gasteiger partial charge in [0, 0.05) is 19.0 Å². The summed E-state index contributed by atoms with van der Waals surface area (Å²) in [5.74, 6) is 1.65. The second-order valence-electron chi connectivity index (χ2n) is 5.86. The van der Waals surface area contributed by atoms with Gasteiger partial charge in [0.25, 0.3) is 5.89 Å². The molecule has 1 aromatic carbocycles. The van der Waals surface area contributed by atoms with Gasteiger partial charge in [-0.05, 0) is 49.9 Å². The molecular weight excluding hydrogens is 306 g/mol. The fourth-order valence-electron chi connectivity index (χ4n) is 2.65. The molecule has 3 rings (SSSR count). The van der Waals surface area contributed by atoms with Crippen molar-refractivity contribution in [3.63, 3.8) is 0 Å². The zero-order valence-corrected chi connectivity index (χ0v) is 13.7. The van der Waals surface area contributed by atoms with Gasteiger partial charge >= 0.3 is 0 Å². The van der Waals surface area contributed by atoms with E-state index < -0.39 is 0 Å². The Morgan fingerprint density at radius 1 is 1.25 bits per heavy atom. The van der Waals surface area contributed by atoms with E-state index in [0.29, 0.717) is 24.0 Å². The van der Waals surface area contributed by atoms with Crippen molar-refractivity contribution in [1.29, 1.82) is 0 Å². The molecule has 0 unspecified atom stereocenters. The molecule has 0 aliphatic heterocycles. The molecule has 24 heavy (non-hydrogen) atoms. The maximum atomic E-state index is 12.1. The normalized spacial score (nSPS) is 14.1. The van der Waals surface area contributed by atoms with E-state index in [4.69, 9.17) is 9.15 Å². The average Bonchev–Trinajstić information content (AvgIpc) is 3.00. The first-order valence-corrected chi connectivity index (χ1v) is 8.18. The molecule has 0 bridgehead atoms. The number of allylic oxidation sites excluding steroid dienone is 1. The van der Waals surface area contributed by atoms with Crippen molar-refractivity contribution in [2.45, 2.75) is 45.6 Å². The van der Waals surface area contributed by atoms with Crippen LogP contribution in [0.3, 0.4) is 0 Å². The van der Waals surface area contributed by atoms with Gasteiger partial charge in [-0.2, -0.15) is 0 Å². The molecule has 1 aromatic heterocycles. The van der Waals surface area contributed by atoms with E-state index in [0.717, 1.165) is 18.5 Å². The van der Waals surface area contributed by atoms with Crippen molar-refractivity contribution in [1.82, 2.24) is 10.2 Å². The molecular formula is C18H21N3O3. The van der Waals surface area contributed by atoms with Gasteiger partial charge in [-0.15, -0.1) is 10.2 Å². The number of hydrogen-bond acceptors (Lipinski definition) is 5. The van der Waals surface area contributed by atoms with Gasteiger partial charge in [-0.3, -0.25) is 4.79 Å². The summed E-state index contributed by atoms with van der Waals surface area (Å²) in [5.41, 5.74) is 2.01. The second kappa shape index (κ2) is 7.77. The molecule has 2 aromatic rings. The van der Waals surface area contributed by atoms with Gasteiger partial charge in [0.2, 0.25) is 11.8 Å². The van der Waals surface area contributed by atoms with Crippen LogP contribution in [0.1, 0.15) is 43.9 Å². The van der Waals surface area contributed by atoms with Crippen LogP contribution < -0.4 is 10.1 Å². The lowest BCUT2D eigenvalue weighted by Crippen LogP contribution is -2.13. The van der Waals surface area contributed by atoms with E-state index in [1.165, 1.54) is 18.4 Å². The Kier molecular flexibility index (Phi) is 5.25. The lowest BCUT2D eigenvalue weighted by molar-refractivity contribution is -0.115. The Morgan fingerprint density at radius 2 is 2.08 bits per heavy atom. The zero-order chi connectivity index (χ0) is 16.8. The number of carbonyl (C=O) groups is 1. The van der Waals surface area contributed by atoms with E-state index in [1.807, 2.05) is 12.1 Å². The number of benzene rings is 1. The third-order valence-electron chi connectivity index (χ3n) is 3.84. The number of rotatable bonds is 6. The van der Waals surface area contributed by atoms with Crippen LogP contribution in [0, 0.1) is 6.92 Å². The number of anilines is 1. The molecule has 1 aliphatic rings. The minimum atomic E-state index is 0.0261. The van der Waals surface area contributed by atoms with Crippen LogP contribution in [-0.2, 0) is 11.4 Å². The van der Waals surface area contributed by atoms with Gasteiger partial charge in [-0.25, -0.2) is 0 Å². The number of hydrogen-bond donors (Lipinski definition) is 1. The number of aromatic nitrogens is 2. The Hall–Kier alpha value is -2.63. The summed E-state index contributed by atoms with van der Waals surface area (Å²) >= 11 is 0. The first kappa shape index (κ1) is 16.2. The molecule has 6 heteroatoms. The van der Waals surface area contributed by atoms with Gasteiger partial charge < -0.3 is 14.5 Å². The summed E-state index contributed by atoms with van der Waals surface area (Å²) in [7, 11) is 0. The molecule has 126 valence electrons. The van der Waals surface area contributed by atoms with Gasteiger partial charge in [-0.1, -0.05) is 11.6 Å². The fourth-order valence-corrected chi connectivity index (χ4v) is 2.65. The smallest absolute Gasteiger partial charge is 0.253 e. The molecule has 1 amide bonds. The molecule has 0 radical (unpaired) electrons. The Labute approximate surface area is 140 Å². The summed E-state index contributed by atoms with van der Waals surface area (Å²) in [6.45, 7) is 1.96. The molecule has 1 N–H and O–H groups in total. The fraction of sp³-hybridized carbons (Fsp3) is 0.389. The molecule has 0 saturated carbocycles. The van der Waals surface area contributed by atoms with Gasteiger partial charge in [0.1, 0.15) is 5.75 Å². The third kappa shape index (κ3) is 4.68. The van der Waals surface area contributed by atoms with Crippen LogP contribution in [0.2, 0.25) is 0 Å². The van der Waals surface area contributed by atoms with Gasteiger partial charge in [0.05, 0.1) is 0 Å². The molecule has 0 fully saturated rings. The van der Waals surface area contributed by atoms with Crippen LogP contribution in [0.5, 0.6) is 5.75 Å². The van der Waals surface area contributed by atoms with Crippen molar-refractivity contribution in [2.75, 3.05) is 5.32 Å². The van der Waals surface area contributed by atoms with E-state index in [9.17, 15) is 4.79 Å². The highest BCUT2D eigenvalue weighted by atomic mass is 16.5. The van der Waals surface area contributed by atoms with Crippen LogP contribution in [0.4, 0.5) is 5.69 Å². The number of carbonyl (C=O) groups excluding carboxylic acids is 1. The first-order valence-electron chi connectivity index (χ1n) is 8.18. The van der Waals surface area contributed by atoms with Crippen LogP contribution in [0.15, 0.2) is 40.3 Å². The van der Waals surface area contributed by atoms with Crippen molar-refractivity contribution in [2.24, 2.45) is 0 Å². The van der Waals surface area contributed by atoms with E-state index in [1.54, 1.807) is 19.1 Å². The molecule has 0 atom stereocenters. The highest BCUT2D eigenvalue weighted by Crippen LogP contribution is 2.21. The standard InChI is InChI=1S/C18H21N3O3/c1-13-20-21-18(24-13)12-23-16-9-7-15(8-10-16)19-17(22)11-14-5-3-2-4-6-14/h5,7-10H,2-4,6,11-12H2,1H3,(H,19,22). The predicted molar refractivity (Wildman–Crippen MR) is 89.6 cm³/mol. The molecule has 0 spiro atoms. The lowest BCUT2D eigenvalue weighted by atomic mass is 9.97. The highest BCUT2D eigenvalue weighted by molar-refractivity contribution is 5.92. The summed E-state index contributed by atoms with van der Waals surface area (Å²) in [6, 6.07) is 7.25. The zero-order valence-electron chi connectivity index (χ0n) is 13.7. The Morgan fingerprint density at radius 3 is 2.75 bits per heavy atom. The van der Waals surface area contributed by atoms with Crippen molar-refractivity contribution < 1.29 is 13.9 Å². The summed E-state index contributed by atoms with van der Waals surface area (Å²) in [4.78, 5) is 12.1. The highest BCUT2D eigenvalue weighted by Gasteiger charge is 2.09. The predicted octanol–water partition coefficient (Wildman–Crippen LogP) is 3.79. The van der Waals surface area contributed by atoms with Crippen LogP contribution in [0.25, 0.3) is 0 Å². The van der Waals surface area contributed by atoms with E-state index >= 15 is 0 Å².